The summed E-state index contributed by atoms with van der Waals surface area (Å²) in [5, 5.41) is 0.168. The maximum absolute atomic E-state index is 12.4. The molecule has 0 saturated heterocycles. The van der Waals surface area contributed by atoms with Crippen molar-refractivity contribution in [3.63, 3.8) is 0 Å². The number of halogens is 4. The zero-order valence-corrected chi connectivity index (χ0v) is 10.8. The van der Waals surface area contributed by atoms with Gasteiger partial charge in [0.25, 0.3) is 0 Å². The second kappa shape index (κ2) is 5.52. The van der Waals surface area contributed by atoms with Crippen molar-refractivity contribution < 1.29 is 13.2 Å². The summed E-state index contributed by atoms with van der Waals surface area (Å²) in [5.74, 6) is 0.400. The van der Waals surface area contributed by atoms with Crippen LogP contribution in [0.2, 0.25) is 0 Å². The van der Waals surface area contributed by atoms with Gasteiger partial charge in [0.2, 0.25) is 0 Å². The van der Waals surface area contributed by atoms with E-state index in [1.54, 1.807) is 12.1 Å². The van der Waals surface area contributed by atoms with Gasteiger partial charge < -0.3 is 0 Å². The van der Waals surface area contributed by atoms with Gasteiger partial charge in [-0.25, -0.2) is 0 Å². The average Bonchev–Trinajstić information content (AvgIpc) is 2.32. The Hall–Kier alpha value is -0.700. The zero-order valence-electron chi connectivity index (χ0n) is 10.0. The molecule has 1 saturated carbocycles. The molecule has 0 heterocycles. The molecule has 1 fully saturated rings. The molecule has 4 heteroatoms. The largest absolute Gasteiger partial charge is 0.416 e. The second-order valence-electron chi connectivity index (χ2n) is 4.96. The Kier molecular flexibility index (Phi) is 4.21. The Morgan fingerprint density at radius 3 is 2.22 bits per heavy atom. The van der Waals surface area contributed by atoms with Crippen molar-refractivity contribution in [2.24, 2.45) is 5.92 Å². The molecule has 2 atom stereocenters. The molecule has 2 rings (SSSR count). The summed E-state index contributed by atoms with van der Waals surface area (Å²) in [4.78, 5) is 0. The highest BCUT2D eigenvalue weighted by Crippen LogP contribution is 2.33. The third kappa shape index (κ3) is 3.41. The topological polar surface area (TPSA) is 0 Å². The van der Waals surface area contributed by atoms with Crippen molar-refractivity contribution in [2.75, 3.05) is 0 Å². The summed E-state index contributed by atoms with van der Waals surface area (Å²) in [7, 11) is 0. The van der Waals surface area contributed by atoms with Crippen molar-refractivity contribution in [1.82, 2.24) is 0 Å². The number of alkyl halides is 4. The molecule has 1 aromatic rings. The summed E-state index contributed by atoms with van der Waals surface area (Å²) in [6, 6.07) is 5.45. The van der Waals surface area contributed by atoms with E-state index in [0.29, 0.717) is 5.92 Å². The van der Waals surface area contributed by atoms with Gasteiger partial charge in [-0.3, -0.25) is 0 Å². The number of benzene rings is 1. The van der Waals surface area contributed by atoms with E-state index in [9.17, 15) is 13.2 Å². The Morgan fingerprint density at radius 1 is 1.06 bits per heavy atom. The molecule has 1 aliphatic carbocycles. The molecule has 1 aliphatic rings. The van der Waals surface area contributed by atoms with Gasteiger partial charge in [-0.2, -0.15) is 13.2 Å². The van der Waals surface area contributed by atoms with Crippen LogP contribution >= 0.6 is 11.6 Å². The molecule has 18 heavy (non-hydrogen) atoms. The maximum Gasteiger partial charge on any atom is 0.416 e. The van der Waals surface area contributed by atoms with Gasteiger partial charge in [-0.15, -0.1) is 11.6 Å². The van der Waals surface area contributed by atoms with Crippen LogP contribution in [0.3, 0.4) is 0 Å². The van der Waals surface area contributed by atoms with Gasteiger partial charge >= 0.3 is 6.18 Å². The number of rotatable bonds is 2. The minimum Gasteiger partial charge on any atom is -0.166 e. The van der Waals surface area contributed by atoms with Crippen molar-refractivity contribution in [2.45, 2.75) is 43.7 Å². The lowest BCUT2D eigenvalue weighted by atomic mass is 9.84. The van der Waals surface area contributed by atoms with Gasteiger partial charge in [0.05, 0.1) is 5.56 Å². The fourth-order valence-electron chi connectivity index (χ4n) is 2.52. The fraction of sp³-hybridized carbons (Fsp3) is 0.571. The Balaban J connectivity index is 2.02. The number of hydrogen-bond donors (Lipinski definition) is 0. The van der Waals surface area contributed by atoms with Gasteiger partial charge in [0.15, 0.2) is 0 Å². The van der Waals surface area contributed by atoms with E-state index in [1.807, 2.05) is 0 Å². The van der Waals surface area contributed by atoms with E-state index >= 15 is 0 Å². The summed E-state index contributed by atoms with van der Waals surface area (Å²) in [5.41, 5.74) is 0.359. The molecular formula is C14H16ClF3. The van der Waals surface area contributed by atoms with E-state index in [1.165, 1.54) is 6.42 Å². The van der Waals surface area contributed by atoms with E-state index in [-0.39, 0.29) is 5.38 Å². The molecule has 0 N–H and O–H groups in total. The van der Waals surface area contributed by atoms with E-state index in [0.717, 1.165) is 43.4 Å². The molecule has 0 spiro atoms. The zero-order chi connectivity index (χ0) is 13.2. The van der Waals surface area contributed by atoms with Crippen LogP contribution < -0.4 is 0 Å². The van der Waals surface area contributed by atoms with Crippen LogP contribution in [0.5, 0.6) is 0 Å². The molecule has 0 radical (unpaired) electrons. The lowest BCUT2D eigenvalue weighted by Gasteiger charge is -2.27. The Morgan fingerprint density at radius 2 is 1.67 bits per heavy atom. The monoisotopic (exact) mass is 276 g/mol. The van der Waals surface area contributed by atoms with E-state index in [4.69, 9.17) is 11.6 Å². The smallest absolute Gasteiger partial charge is 0.166 e. The van der Waals surface area contributed by atoms with Gasteiger partial charge in [-0.1, -0.05) is 25.0 Å². The molecule has 0 aromatic heterocycles. The number of hydrogen-bond acceptors (Lipinski definition) is 0. The van der Waals surface area contributed by atoms with Crippen LogP contribution in [0.1, 0.15) is 36.8 Å². The maximum atomic E-state index is 12.4. The molecule has 2 unspecified atom stereocenters. The lowest BCUT2D eigenvalue weighted by molar-refractivity contribution is -0.137. The molecule has 0 aliphatic heterocycles. The van der Waals surface area contributed by atoms with Crippen LogP contribution in [0, 0.1) is 5.92 Å². The molecule has 0 amide bonds. The standard InChI is InChI=1S/C14H16ClF3/c15-13-4-2-1-3-11(13)9-10-5-7-12(8-6-10)14(16,17)18/h5-8,11,13H,1-4,9H2. The molecular weight excluding hydrogens is 261 g/mol. The highest BCUT2D eigenvalue weighted by Gasteiger charge is 2.30. The predicted molar refractivity (Wildman–Crippen MR) is 66.7 cm³/mol. The van der Waals surface area contributed by atoms with E-state index in [2.05, 4.69) is 0 Å². The minimum absolute atomic E-state index is 0.168. The SMILES string of the molecule is FC(F)(F)c1ccc(CC2CCCCC2Cl)cc1. The van der Waals surface area contributed by atoms with Crippen molar-refractivity contribution >= 4 is 11.6 Å². The molecule has 0 bridgehead atoms. The predicted octanol–water partition coefficient (Wildman–Crippen LogP) is 5.05. The molecule has 100 valence electrons. The second-order valence-corrected chi connectivity index (χ2v) is 5.52. The van der Waals surface area contributed by atoms with Crippen LogP contribution in [-0.2, 0) is 12.6 Å². The highest BCUT2D eigenvalue weighted by molar-refractivity contribution is 6.20. The quantitative estimate of drug-likeness (QED) is 0.664. The average molecular weight is 277 g/mol. The van der Waals surface area contributed by atoms with Crippen molar-refractivity contribution in [3.05, 3.63) is 35.4 Å². The first kappa shape index (κ1) is 13.7. The van der Waals surface area contributed by atoms with Crippen LogP contribution in [0.4, 0.5) is 13.2 Å². The van der Waals surface area contributed by atoms with Gasteiger partial charge in [-0.05, 0) is 42.9 Å². The Labute approximate surface area is 110 Å². The van der Waals surface area contributed by atoms with Crippen LogP contribution in [0.25, 0.3) is 0 Å². The van der Waals surface area contributed by atoms with Crippen molar-refractivity contribution in [3.8, 4) is 0 Å². The fourth-order valence-corrected chi connectivity index (χ4v) is 2.89. The highest BCUT2D eigenvalue weighted by atomic mass is 35.5. The van der Waals surface area contributed by atoms with Crippen LogP contribution in [-0.4, -0.2) is 5.38 Å². The minimum atomic E-state index is -4.25. The summed E-state index contributed by atoms with van der Waals surface area (Å²) in [6.45, 7) is 0. The summed E-state index contributed by atoms with van der Waals surface area (Å²) >= 11 is 6.26. The Bertz CT molecular complexity index is 383. The first-order chi connectivity index (χ1) is 8.47. The lowest BCUT2D eigenvalue weighted by Crippen LogP contribution is -2.21. The molecule has 0 nitrogen and oxygen atoms in total. The summed E-state index contributed by atoms with van der Waals surface area (Å²) < 4.78 is 37.3. The molecule has 1 aromatic carbocycles. The summed E-state index contributed by atoms with van der Waals surface area (Å²) in [6.07, 6.45) is 0.971. The van der Waals surface area contributed by atoms with E-state index < -0.39 is 11.7 Å². The normalized spacial score (nSPS) is 25.1. The van der Waals surface area contributed by atoms with Gasteiger partial charge in [0, 0.05) is 5.38 Å². The van der Waals surface area contributed by atoms with Gasteiger partial charge in [0.1, 0.15) is 0 Å². The third-order valence-corrected chi connectivity index (χ3v) is 4.17. The first-order valence-electron chi connectivity index (χ1n) is 6.27. The van der Waals surface area contributed by atoms with Crippen molar-refractivity contribution in [1.29, 1.82) is 0 Å². The van der Waals surface area contributed by atoms with Crippen LogP contribution in [0.15, 0.2) is 24.3 Å². The third-order valence-electron chi connectivity index (χ3n) is 3.60. The first-order valence-corrected chi connectivity index (χ1v) is 6.70.